The molecule has 230 valence electrons. The fourth-order valence-corrected chi connectivity index (χ4v) is 3.92. The molecule has 0 aliphatic rings. The van der Waals surface area contributed by atoms with Crippen LogP contribution in [0.2, 0.25) is 0 Å². The minimum absolute atomic E-state index is 0.131. The van der Waals surface area contributed by atoms with Gasteiger partial charge in [-0.3, -0.25) is 4.79 Å². The van der Waals surface area contributed by atoms with Crippen molar-refractivity contribution in [2.75, 3.05) is 14.2 Å². The molecule has 0 saturated carbocycles. The SMILES string of the molecule is CCCCC/C=C\CC(/C(C)=N/OC)[C@H](/C=C/C(O)CCCC(=O)OCc1c(F)c(F)c(F)c(F)c1F)/C=N/OC. The molecule has 0 aliphatic carbocycles. The Hall–Kier alpha value is -3.28. The van der Waals surface area contributed by atoms with E-state index < -0.39 is 53.3 Å². The summed E-state index contributed by atoms with van der Waals surface area (Å²) in [6.45, 7) is 2.85. The summed E-state index contributed by atoms with van der Waals surface area (Å²) in [5, 5.41) is 18.4. The molecule has 41 heavy (non-hydrogen) atoms. The zero-order valence-corrected chi connectivity index (χ0v) is 23.8. The Morgan fingerprint density at radius 2 is 1.59 bits per heavy atom. The minimum Gasteiger partial charge on any atom is -0.461 e. The second kappa shape index (κ2) is 19.7. The number of allylic oxidation sites excluding steroid dienone is 3. The summed E-state index contributed by atoms with van der Waals surface area (Å²) in [7, 11) is 2.86. The number of aliphatic hydroxyl groups is 1. The number of aliphatic hydroxyl groups excluding tert-OH is 1. The smallest absolute Gasteiger partial charge is 0.306 e. The van der Waals surface area contributed by atoms with E-state index in [1.807, 2.05) is 6.92 Å². The Labute approximate surface area is 237 Å². The van der Waals surface area contributed by atoms with Gasteiger partial charge in [0.15, 0.2) is 23.3 Å². The number of hydrogen-bond donors (Lipinski definition) is 1. The van der Waals surface area contributed by atoms with Crippen LogP contribution in [0.3, 0.4) is 0 Å². The Balaban J connectivity index is 2.76. The largest absolute Gasteiger partial charge is 0.461 e. The molecule has 0 fully saturated rings. The van der Waals surface area contributed by atoms with E-state index in [-0.39, 0.29) is 31.1 Å². The molecule has 3 atom stereocenters. The third-order valence-corrected chi connectivity index (χ3v) is 6.22. The van der Waals surface area contributed by atoms with Gasteiger partial charge in [0.2, 0.25) is 5.82 Å². The van der Waals surface area contributed by atoms with Crippen LogP contribution >= 0.6 is 0 Å². The Bertz CT molecular complexity index is 1050. The molecule has 0 amide bonds. The monoisotopic (exact) mass is 590 g/mol. The maximum absolute atomic E-state index is 13.7. The van der Waals surface area contributed by atoms with E-state index in [2.05, 4.69) is 34.1 Å². The van der Waals surface area contributed by atoms with Gasteiger partial charge in [0.1, 0.15) is 20.8 Å². The van der Waals surface area contributed by atoms with Crippen LogP contribution in [0.25, 0.3) is 0 Å². The molecule has 7 nitrogen and oxygen atoms in total. The summed E-state index contributed by atoms with van der Waals surface area (Å²) in [6.07, 6.45) is 13.1. The van der Waals surface area contributed by atoms with Gasteiger partial charge < -0.3 is 19.5 Å². The maximum Gasteiger partial charge on any atom is 0.306 e. The third kappa shape index (κ3) is 12.4. The van der Waals surface area contributed by atoms with Crippen LogP contribution in [0.15, 0.2) is 34.6 Å². The Kier molecular flexibility index (Phi) is 17.2. The molecule has 0 bridgehead atoms. The number of rotatable bonds is 19. The summed E-state index contributed by atoms with van der Waals surface area (Å²) in [5.74, 6) is -12.0. The molecule has 0 spiro atoms. The molecule has 0 aromatic heterocycles. The van der Waals surface area contributed by atoms with Crippen molar-refractivity contribution in [2.24, 2.45) is 22.1 Å². The summed E-state index contributed by atoms with van der Waals surface area (Å²) in [4.78, 5) is 21.8. The number of carbonyl (C=O) groups is 1. The maximum atomic E-state index is 13.7. The molecule has 0 saturated heterocycles. The molecule has 12 heteroatoms. The lowest BCUT2D eigenvalue weighted by molar-refractivity contribution is -0.145. The number of carbonyl (C=O) groups excluding carboxylic acids is 1. The molecule has 1 aromatic carbocycles. The first-order valence-electron chi connectivity index (χ1n) is 13.4. The number of benzene rings is 1. The summed E-state index contributed by atoms with van der Waals surface area (Å²) >= 11 is 0. The first-order chi connectivity index (χ1) is 19.6. The molecule has 0 radical (unpaired) electrons. The highest BCUT2D eigenvalue weighted by molar-refractivity contribution is 5.87. The highest BCUT2D eigenvalue weighted by Gasteiger charge is 2.26. The van der Waals surface area contributed by atoms with E-state index in [0.717, 1.165) is 25.7 Å². The van der Waals surface area contributed by atoms with Gasteiger partial charge >= 0.3 is 5.97 Å². The Morgan fingerprint density at radius 3 is 2.20 bits per heavy atom. The normalized spacial score (nSPS) is 14.6. The van der Waals surface area contributed by atoms with E-state index in [4.69, 9.17) is 9.68 Å². The van der Waals surface area contributed by atoms with Crippen LogP contribution in [0.1, 0.15) is 70.8 Å². The third-order valence-electron chi connectivity index (χ3n) is 6.22. The van der Waals surface area contributed by atoms with Crippen molar-refractivity contribution in [2.45, 2.75) is 77.9 Å². The lowest BCUT2D eigenvalue weighted by atomic mass is 9.85. The van der Waals surface area contributed by atoms with Gasteiger partial charge in [-0.15, -0.1) is 0 Å². The predicted octanol–water partition coefficient (Wildman–Crippen LogP) is 6.93. The molecule has 1 aromatic rings. The number of halogens is 5. The van der Waals surface area contributed by atoms with Crippen molar-refractivity contribution >= 4 is 17.9 Å². The van der Waals surface area contributed by atoms with Crippen LogP contribution in [-0.4, -0.2) is 43.3 Å². The average molecular weight is 591 g/mol. The van der Waals surface area contributed by atoms with Crippen LogP contribution in [-0.2, 0) is 25.8 Å². The standard InChI is InChI=1S/C29H39F5N2O5/c1-5-6-7-8-9-10-13-22(19(2)36-40-4)20(17-35-39-3)15-16-21(37)12-11-14-24(38)41-18-23-25(30)27(32)29(34)28(33)26(23)31/h9-10,15-17,20-22,37H,5-8,11-14,18H2,1-4H3/b10-9-,16-15+,35-17+,36-19+/t20-,21?,22?/m1/s1. The molecular weight excluding hydrogens is 551 g/mol. The van der Waals surface area contributed by atoms with Crippen molar-refractivity contribution in [1.82, 2.24) is 0 Å². The van der Waals surface area contributed by atoms with Crippen LogP contribution in [0.5, 0.6) is 0 Å². The quantitative estimate of drug-likeness (QED) is 0.0276. The van der Waals surface area contributed by atoms with Crippen LogP contribution in [0, 0.1) is 40.9 Å². The second-order valence-electron chi connectivity index (χ2n) is 9.29. The van der Waals surface area contributed by atoms with E-state index in [9.17, 15) is 31.9 Å². The molecule has 0 heterocycles. The number of hydrogen-bond acceptors (Lipinski definition) is 7. The summed E-state index contributed by atoms with van der Waals surface area (Å²) in [6, 6.07) is 0. The summed E-state index contributed by atoms with van der Waals surface area (Å²) < 4.78 is 71.9. The zero-order chi connectivity index (χ0) is 30.8. The number of unbranched alkanes of at least 4 members (excludes halogenated alkanes) is 3. The topological polar surface area (TPSA) is 89.7 Å². The summed E-state index contributed by atoms with van der Waals surface area (Å²) in [5.41, 5.74) is -0.520. The van der Waals surface area contributed by atoms with E-state index in [0.29, 0.717) is 12.1 Å². The van der Waals surface area contributed by atoms with Crippen molar-refractivity contribution in [3.8, 4) is 0 Å². The van der Waals surface area contributed by atoms with Gasteiger partial charge in [-0.2, -0.15) is 0 Å². The highest BCUT2D eigenvalue weighted by Crippen LogP contribution is 2.24. The number of nitrogens with zero attached hydrogens (tertiary/aromatic N) is 2. The van der Waals surface area contributed by atoms with Gasteiger partial charge in [-0.1, -0.05) is 54.4 Å². The fraction of sp³-hybridized carbons (Fsp3) is 0.552. The number of oxime groups is 2. The zero-order valence-electron chi connectivity index (χ0n) is 23.8. The van der Waals surface area contributed by atoms with Crippen molar-refractivity contribution in [1.29, 1.82) is 0 Å². The predicted molar refractivity (Wildman–Crippen MR) is 146 cm³/mol. The molecule has 2 unspecified atom stereocenters. The van der Waals surface area contributed by atoms with E-state index in [1.54, 1.807) is 18.4 Å². The van der Waals surface area contributed by atoms with Gasteiger partial charge in [-0.05, 0) is 39.0 Å². The lowest BCUT2D eigenvalue weighted by Crippen LogP contribution is -2.22. The minimum atomic E-state index is -2.29. The first kappa shape index (κ1) is 35.7. The number of ether oxygens (including phenoxy) is 1. The van der Waals surface area contributed by atoms with Gasteiger partial charge in [-0.25, -0.2) is 22.0 Å². The van der Waals surface area contributed by atoms with Crippen LogP contribution in [0.4, 0.5) is 22.0 Å². The molecular formula is C29H39F5N2O5. The molecule has 1 N–H and O–H groups in total. The van der Waals surface area contributed by atoms with E-state index >= 15 is 0 Å². The first-order valence-corrected chi connectivity index (χ1v) is 13.4. The highest BCUT2D eigenvalue weighted by atomic mass is 19.2. The van der Waals surface area contributed by atoms with Crippen molar-refractivity contribution in [3.63, 3.8) is 0 Å². The van der Waals surface area contributed by atoms with Gasteiger partial charge in [0.25, 0.3) is 0 Å². The van der Waals surface area contributed by atoms with Crippen LogP contribution < -0.4 is 0 Å². The molecule has 0 aliphatic heterocycles. The average Bonchev–Trinajstić information content (AvgIpc) is 2.95. The van der Waals surface area contributed by atoms with Crippen molar-refractivity contribution < 1.29 is 46.3 Å². The Morgan fingerprint density at radius 1 is 0.927 bits per heavy atom. The van der Waals surface area contributed by atoms with E-state index in [1.165, 1.54) is 14.2 Å². The molecule has 1 rings (SSSR count). The fourth-order valence-electron chi connectivity index (χ4n) is 3.92. The van der Waals surface area contributed by atoms with Gasteiger partial charge in [0.05, 0.1) is 23.6 Å². The number of esters is 1. The lowest BCUT2D eigenvalue weighted by Gasteiger charge is -2.20. The second-order valence-corrected chi connectivity index (χ2v) is 9.29. The van der Waals surface area contributed by atoms with Crippen molar-refractivity contribution in [3.05, 3.63) is 59.0 Å². The van der Waals surface area contributed by atoms with Gasteiger partial charge in [0, 0.05) is 18.3 Å².